The zero-order chi connectivity index (χ0) is 23.5. The van der Waals surface area contributed by atoms with Gasteiger partial charge in [-0.2, -0.15) is 9.57 Å². The number of benzene rings is 2. The van der Waals surface area contributed by atoms with Crippen LogP contribution in [0.1, 0.15) is 29.8 Å². The molecule has 1 N–H and O–H groups in total. The van der Waals surface area contributed by atoms with Gasteiger partial charge in [-0.25, -0.2) is 8.42 Å². The molecule has 1 heterocycles. The number of carbonyl (C=O) groups is 2. The Morgan fingerprint density at radius 2 is 1.78 bits per heavy atom. The van der Waals surface area contributed by atoms with Gasteiger partial charge < -0.3 is 10.2 Å². The Morgan fingerprint density at radius 1 is 1.16 bits per heavy atom. The molecule has 2 amide bonds. The molecular weight excluding hydrogens is 448 g/mol. The molecule has 10 heteroatoms. The Morgan fingerprint density at radius 3 is 2.34 bits per heavy atom. The number of amides is 2. The van der Waals surface area contributed by atoms with Crippen molar-refractivity contribution >= 4 is 39.3 Å². The molecule has 0 aromatic heterocycles. The lowest BCUT2D eigenvalue weighted by Gasteiger charge is -2.24. The monoisotopic (exact) mass is 472 g/mol. The first-order valence-corrected chi connectivity index (χ1v) is 12.5. The number of hydrogen-bond acceptors (Lipinski definition) is 6. The van der Waals surface area contributed by atoms with Gasteiger partial charge in [-0.15, -0.1) is 11.8 Å². The minimum atomic E-state index is -3.64. The summed E-state index contributed by atoms with van der Waals surface area (Å²) in [6.45, 7) is 3.56. The number of anilines is 1. The van der Waals surface area contributed by atoms with E-state index < -0.39 is 16.1 Å². The highest BCUT2D eigenvalue weighted by atomic mass is 32.2. The summed E-state index contributed by atoms with van der Waals surface area (Å²) >= 11 is 1.47. The molecule has 168 valence electrons. The van der Waals surface area contributed by atoms with Gasteiger partial charge in [-0.3, -0.25) is 9.59 Å². The van der Waals surface area contributed by atoms with Crippen LogP contribution in [0.3, 0.4) is 0 Å². The lowest BCUT2D eigenvalue weighted by molar-refractivity contribution is -0.119. The molecule has 0 radical (unpaired) electrons. The summed E-state index contributed by atoms with van der Waals surface area (Å²) in [5.74, 6) is 0.168. The van der Waals surface area contributed by atoms with E-state index in [0.717, 1.165) is 0 Å². The molecule has 1 aliphatic rings. The molecule has 1 aliphatic heterocycles. The molecule has 1 fully saturated rings. The largest absolute Gasteiger partial charge is 0.324 e. The number of sulfonamides is 1. The van der Waals surface area contributed by atoms with E-state index >= 15 is 0 Å². The maximum absolute atomic E-state index is 13.0. The molecule has 2 aromatic carbocycles. The molecule has 2 aromatic rings. The summed E-state index contributed by atoms with van der Waals surface area (Å²) in [5, 5.41) is 11.7. The summed E-state index contributed by atoms with van der Waals surface area (Å²) in [4.78, 5) is 27.4. The lowest BCUT2D eigenvalue weighted by atomic mass is 10.1. The van der Waals surface area contributed by atoms with E-state index in [1.54, 1.807) is 38.1 Å². The van der Waals surface area contributed by atoms with Crippen LogP contribution in [0.4, 0.5) is 5.69 Å². The molecule has 8 nitrogen and oxygen atoms in total. The van der Waals surface area contributed by atoms with Crippen molar-refractivity contribution < 1.29 is 18.0 Å². The van der Waals surface area contributed by atoms with Gasteiger partial charge in [0.25, 0.3) is 5.91 Å². The van der Waals surface area contributed by atoms with Crippen LogP contribution in [0.5, 0.6) is 0 Å². The van der Waals surface area contributed by atoms with E-state index in [1.807, 2.05) is 6.07 Å². The van der Waals surface area contributed by atoms with Crippen molar-refractivity contribution in [3.8, 4) is 6.07 Å². The van der Waals surface area contributed by atoms with E-state index in [4.69, 9.17) is 5.26 Å². The second-order valence-electron chi connectivity index (χ2n) is 7.61. The highest BCUT2D eigenvalue weighted by Gasteiger charge is 2.35. The fourth-order valence-corrected chi connectivity index (χ4v) is 5.61. The van der Waals surface area contributed by atoms with Gasteiger partial charge in [0, 0.05) is 30.1 Å². The molecule has 0 saturated carbocycles. The third kappa shape index (κ3) is 4.96. The van der Waals surface area contributed by atoms with Gasteiger partial charge in [0.15, 0.2) is 0 Å². The van der Waals surface area contributed by atoms with Crippen molar-refractivity contribution in [2.24, 2.45) is 0 Å². The van der Waals surface area contributed by atoms with Crippen LogP contribution in [0.25, 0.3) is 0 Å². The van der Waals surface area contributed by atoms with Crippen LogP contribution < -0.4 is 5.32 Å². The minimum Gasteiger partial charge on any atom is -0.324 e. The Balaban J connectivity index is 1.73. The molecule has 0 spiro atoms. The van der Waals surface area contributed by atoms with Crippen LogP contribution in [-0.4, -0.2) is 60.2 Å². The highest BCUT2D eigenvalue weighted by Crippen LogP contribution is 2.25. The smallest absolute Gasteiger partial charge is 0.255 e. The van der Waals surface area contributed by atoms with Gasteiger partial charge in [0.05, 0.1) is 22.4 Å². The van der Waals surface area contributed by atoms with Crippen molar-refractivity contribution in [1.29, 1.82) is 5.26 Å². The third-order valence-electron chi connectivity index (χ3n) is 5.23. The normalized spacial score (nSPS) is 16.2. The maximum atomic E-state index is 13.0. The Hall–Kier alpha value is -2.87. The fourth-order valence-electron chi connectivity index (χ4n) is 3.09. The summed E-state index contributed by atoms with van der Waals surface area (Å²) in [7, 11) is -2.13. The maximum Gasteiger partial charge on any atom is 0.255 e. The second-order valence-corrected chi connectivity index (χ2v) is 10.6. The molecule has 32 heavy (non-hydrogen) atoms. The van der Waals surface area contributed by atoms with Gasteiger partial charge in [-0.05, 0) is 62.4 Å². The number of nitriles is 1. The first-order valence-electron chi connectivity index (χ1n) is 9.93. The van der Waals surface area contributed by atoms with Crippen molar-refractivity contribution in [2.45, 2.75) is 30.8 Å². The van der Waals surface area contributed by atoms with E-state index in [0.29, 0.717) is 28.4 Å². The predicted molar refractivity (Wildman–Crippen MR) is 124 cm³/mol. The standard InChI is InChI=1S/C22H24N4O4S2/c1-15(2)25(3)32(29,30)19-10-6-17(7-11-19)22(28)26-14-31-13-20(26)21(27)24-18-8-4-16(12-23)5-9-18/h4-11,15,20H,13-14H2,1-3H3,(H,24,27). The minimum absolute atomic E-state index is 0.108. The molecule has 1 unspecified atom stereocenters. The fraction of sp³-hybridized carbons (Fsp3) is 0.318. The third-order valence-corrected chi connectivity index (χ3v) is 8.29. The quantitative estimate of drug-likeness (QED) is 0.692. The number of carbonyl (C=O) groups excluding carboxylic acids is 2. The van der Waals surface area contributed by atoms with Crippen molar-refractivity contribution in [3.05, 3.63) is 59.7 Å². The van der Waals surface area contributed by atoms with Crippen LogP contribution >= 0.6 is 11.8 Å². The molecule has 1 atom stereocenters. The van der Waals surface area contributed by atoms with Crippen molar-refractivity contribution in [2.75, 3.05) is 24.0 Å². The van der Waals surface area contributed by atoms with Gasteiger partial charge in [0.2, 0.25) is 15.9 Å². The zero-order valence-corrected chi connectivity index (χ0v) is 19.6. The first kappa shape index (κ1) is 23.8. The van der Waals surface area contributed by atoms with E-state index in [2.05, 4.69) is 5.32 Å². The molecule has 3 rings (SSSR count). The van der Waals surface area contributed by atoms with Crippen LogP contribution in [0, 0.1) is 11.3 Å². The number of nitrogens with zero attached hydrogens (tertiary/aromatic N) is 3. The van der Waals surface area contributed by atoms with Crippen LogP contribution in [-0.2, 0) is 14.8 Å². The molecular formula is C22H24N4O4S2. The average molecular weight is 473 g/mol. The summed E-state index contributed by atoms with van der Waals surface area (Å²) < 4.78 is 26.5. The summed E-state index contributed by atoms with van der Waals surface area (Å²) in [6, 6.07) is 13.4. The van der Waals surface area contributed by atoms with Crippen LogP contribution in [0.2, 0.25) is 0 Å². The lowest BCUT2D eigenvalue weighted by Crippen LogP contribution is -2.44. The van der Waals surface area contributed by atoms with Gasteiger partial charge >= 0.3 is 0 Å². The van der Waals surface area contributed by atoms with Crippen molar-refractivity contribution in [1.82, 2.24) is 9.21 Å². The Bertz CT molecular complexity index is 1140. The topological polar surface area (TPSA) is 111 Å². The molecule has 1 saturated heterocycles. The number of nitrogens with one attached hydrogen (secondary N) is 1. The number of hydrogen-bond donors (Lipinski definition) is 1. The summed E-state index contributed by atoms with van der Waals surface area (Å²) in [6.07, 6.45) is 0. The zero-order valence-electron chi connectivity index (χ0n) is 18.0. The highest BCUT2D eigenvalue weighted by molar-refractivity contribution is 7.99. The second kappa shape index (κ2) is 9.73. The van der Waals surface area contributed by atoms with Crippen molar-refractivity contribution in [3.63, 3.8) is 0 Å². The van der Waals surface area contributed by atoms with Gasteiger partial charge in [-0.1, -0.05) is 0 Å². The average Bonchev–Trinajstić information content (AvgIpc) is 3.28. The number of rotatable bonds is 6. The SMILES string of the molecule is CC(C)N(C)S(=O)(=O)c1ccc(C(=O)N2CSCC2C(=O)Nc2ccc(C#N)cc2)cc1. The molecule has 0 bridgehead atoms. The van der Waals surface area contributed by atoms with Crippen LogP contribution in [0.15, 0.2) is 53.4 Å². The Labute approximate surface area is 192 Å². The van der Waals surface area contributed by atoms with E-state index in [9.17, 15) is 18.0 Å². The summed E-state index contributed by atoms with van der Waals surface area (Å²) in [5.41, 5.74) is 1.35. The van der Waals surface area contributed by atoms with Gasteiger partial charge in [0.1, 0.15) is 6.04 Å². The molecule has 0 aliphatic carbocycles. The van der Waals surface area contributed by atoms with E-state index in [-0.39, 0.29) is 22.8 Å². The van der Waals surface area contributed by atoms with E-state index in [1.165, 1.54) is 52.3 Å². The predicted octanol–water partition coefficient (Wildman–Crippen LogP) is 2.74. The Kier molecular flexibility index (Phi) is 7.23. The number of thioether (sulfide) groups is 1. The first-order chi connectivity index (χ1) is 15.1.